The van der Waals surface area contributed by atoms with Crippen molar-refractivity contribution in [1.29, 1.82) is 0 Å². The highest BCUT2D eigenvalue weighted by molar-refractivity contribution is 6.34. The van der Waals surface area contributed by atoms with Crippen molar-refractivity contribution in [2.24, 2.45) is 0 Å². The van der Waals surface area contributed by atoms with E-state index in [0.717, 1.165) is 12.8 Å². The van der Waals surface area contributed by atoms with Gasteiger partial charge in [-0.15, -0.1) is 0 Å². The lowest BCUT2D eigenvalue weighted by Crippen LogP contribution is -2.41. The number of hydrogen-bond acceptors (Lipinski definition) is 3. The summed E-state index contributed by atoms with van der Waals surface area (Å²) in [6.07, 6.45) is 2.07. The average molecular weight is 343 g/mol. The quantitative estimate of drug-likeness (QED) is 0.898. The number of rotatable bonds is 2. The molecule has 2 aliphatic heterocycles. The van der Waals surface area contributed by atoms with E-state index in [1.165, 1.54) is 6.42 Å². The number of fused-ring (bicyclic) bond motifs is 2. The fourth-order valence-electron chi connectivity index (χ4n) is 3.56. The van der Waals surface area contributed by atoms with Gasteiger partial charge in [0.1, 0.15) is 0 Å². The maximum Gasteiger partial charge on any atom is 0.256 e. The molecule has 0 aliphatic carbocycles. The van der Waals surface area contributed by atoms with Crippen LogP contribution in [0.15, 0.2) is 18.2 Å². The zero-order valence-corrected chi connectivity index (χ0v) is 14.0. The van der Waals surface area contributed by atoms with Crippen LogP contribution in [0.1, 0.15) is 30.9 Å². The summed E-state index contributed by atoms with van der Waals surface area (Å²) in [5, 5.41) is 11.2. The third-order valence-electron chi connectivity index (χ3n) is 4.89. The van der Waals surface area contributed by atoms with Crippen molar-refractivity contribution >= 4 is 29.1 Å². The molecule has 2 fully saturated rings. The van der Waals surface area contributed by atoms with Gasteiger partial charge in [0, 0.05) is 35.2 Å². The van der Waals surface area contributed by atoms with E-state index in [1.807, 2.05) is 0 Å². The van der Waals surface area contributed by atoms with E-state index >= 15 is 0 Å². The number of amides is 1. The van der Waals surface area contributed by atoms with Crippen molar-refractivity contribution in [2.45, 2.75) is 37.5 Å². The molecule has 3 unspecified atom stereocenters. The zero-order chi connectivity index (χ0) is 15.9. The largest absolute Gasteiger partial charge is 0.378 e. The van der Waals surface area contributed by atoms with Crippen LogP contribution in [-0.2, 0) is 4.79 Å². The van der Waals surface area contributed by atoms with Crippen LogP contribution in [-0.4, -0.2) is 53.0 Å². The van der Waals surface area contributed by atoms with Crippen LogP contribution in [0.3, 0.4) is 0 Å². The van der Waals surface area contributed by atoms with Crippen LogP contribution in [0.25, 0.3) is 0 Å². The van der Waals surface area contributed by atoms with Gasteiger partial charge in [-0.3, -0.25) is 9.69 Å². The van der Waals surface area contributed by atoms with E-state index in [9.17, 15) is 9.90 Å². The van der Waals surface area contributed by atoms with Crippen LogP contribution in [0.5, 0.6) is 0 Å². The second kappa shape index (κ2) is 6.36. The van der Waals surface area contributed by atoms with Crippen molar-refractivity contribution in [2.75, 3.05) is 20.1 Å². The van der Waals surface area contributed by atoms with Crippen molar-refractivity contribution in [1.82, 2.24) is 9.80 Å². The smallest absolute Gasteiger partial charge is 0.256 e. The monoisotopic (exact) mass is 342 g/mol. The molecule has 1 amide bonds. The third-order valence-corrected chi connectivity index (χ3v) is 5.33. The highest BCUT2D eigenvalue weighted by atomic mass is 35.5. The second-order valence-corrected chi connectivity index (χ2v) is 7.10. The SMILES string of the molecule is CN1C2CCC1CN(C(=O)C(O)c1cc(Cl)cc(Cl)c1)CC2. The fraction of sp³-hybridized carbons (Fsp3) is 0.562. The molecule has 3 rings (SSSR count). The number of nitrogens with zero attached hydrogens (tertiary/aromatic N) is 2. The minimum absolute atomic E-state index is 0.265. The minimum atomic E-state index is -1.21. The van der Waals surface area contributed by atoms with Crippen LogP contribution in [0.4, 0.5) is 0 Å². The number of halogens is 2. The summed E-state index contributed by atoms with van der Waals surface area (Å²) in [5.74, 6) is -0.265. The fourth-order valence-corrected chi connectivity index (χ4v) is 4.10. The number of likely N-dealkylation sites (N-methyl/N-ethyl adjacent to an activating group) is 1. The maximum absolute atomic E-state index is 12.6. The number of hydrogen-bond donors (Lipinski definition) is 1. The molecule has 0 radical (unpaired) electrons. The standard InChI is InChI=1S/C16H20Cl2N2O2/c1-19-13-2-3-14(19)9-20(5-4-13)16(22)15(21)10-6-11(17)8-12(18)7-10/h6-8,13-15,21H,2-5,9H2,1H3. The molecular weight excluding hydrogens is 323 g/mol. The van der Waals surface area contributed by atoms with E-state index in [1.54, 1.807) is 23.1 Å². The summed E-state index contributed by atoms with van der Waals surface area (Å²) in [6.45, 7) is 1.37. The molecular formula is C16H20Cl2N2O2. The molecule has 2 saturated heterocycles. The zero-order valence-electron chi connectivity index (χ0n) is 12.5. The molecule has 2 aliphatic rings. The van der Waals surface area contributed by atoms with Crippen LogP contribution >= 0.6 is 23.2 Å². The summed E-state index contributed by atoms with van der Waals surface area (Å²) in [4.78, 5) is 16.8. The van der Waals surface area contributed by atoms with Gasteiger partial charge >= 0.3 is 0 Å². The Kier molecular flexibility index (Phi) is 4.64. The van der Waals surface area contributed by atoms with Crippen LogP contribution < -0.4 is 0 Å². The van der Waals surface area contributed by atoms with Gasteiger partial charge in [-0.1, -0.05) is 23.2 Å². The Morgan fingerprint density at radius 1 is 1.18 bits per heavy atom. The minimum Gasteiger partial charge on any atom is -0.378 e. The molecule has 22 heavy (non-hydrogen) atoms. The molecule has 120 valence electrons. The van der Waals surface area contributed by atoms with Gasteiger partial charge in [-0.2, -0.15) is 0 Å². The van der Waals surface area contributed by atoms with Crippen molar-refractivity contribution in [3.63, 3.8) is 0 Å². The lowest BCUT2D eigenvalue weighted by Gasteiger charge is -2.27. The van der Waals surface area contributed by atoms with Gasteiger partial charge in [0.15, 0.2) is 6.10 Å². The lowest BCUT2D eigenvalue weighted by atomic mass is 10.1. The Labute approximate surface area is 140 Å². The molecule has 6 heteroatoms. The molecule has 1 N–H and O–H groups in total. The number of carbonyl (C=O) groups excluding carboxylic acids is 1. The first-order valence-corrected chi connectivity index (χ1v) is 8.36. The van der Waals surface area contributed by atoms with Crippen LogP contribution in [0, 0.1) is 0 Å². The molecule has 4 nitrogen and oxygen atoms in total. The molecule has 1 aromatic rings. The summed E-state index contributed by atoms with van der Waals surface area (Å²) >= 11 is 11.9. The van der Waals surface area contributed by atoms with Gasteiger partial charge in [-0.05, 0) is 50.1 Å². The molecule has 0 aromatic heterocycles. The van der Waals surface area contributed by atoms with Gasteiger partial charge in [0.05, 0.1) is 0 Å². The number of benzene rings is 1. The Morgan fingerprint density at radius 3 is 2.50 bits per heavy atom. The Morgan fingerprint density at radius 2 is 1.82 bits per heavy atom. The van der Waals surface area contributed by atoms with E-state index in [0.29, 0.717) is 40.8 Å². The van der Waals surface area contributed by atoms with E-state index in [2.05, 4.69) is 11.9 Å². The highest BCUT2D eigenvalue weighted by Gasteiger charge is 2.37. The molecule has 2 heterocycles. The summed E-state index contributed by atoms with van der Waals surface area (Å²) in [5.41, 5.74) is 0.449. The highest BCUT2D eigenvalue weighted by Crippen LogP contribution is 2.30. The molecule has 0 spiro atoms. The van der Waals surface area contributed by atoms with Gasteiger partial charge in [-0.25, -0.2) is 0 Å². The normalized spacial score (nSPS) is 26.8. The van der Waals surface area contributed by atoms with Crippen molar-refractivity contribution in [3.8, 4) is 0 Å². The first kappa shape index (κ1) is 16.1. The molecule has 0 saturated carbocycles. The van der Waals surface area contributed by atoms with Crippen molar-refractivity contribution in [3.05, 3.63) is 33.8 Å². The lowest BCUT2D eigenvalue weighted by molar-refractivity contribution is -0.140. The number of likely N-dealkylation sites (tertiary alicyclic amines) is 1. The van der Waals surface area contributed by atoms with E-state index in [4.69, 9.17) is 23.2 Å². The van der Waals surface area contributed by atoms with Crippen LogP contribution in [0.2, 0.25) is 10.0 Å². The molecule has 2 bridgehead atoms. The predicted molar refractivity (Wildman–Crippen MR) is 87.2 cm³/mol. The Balaban J connectivity index is 1.75. The second-order valence-electron chi connectivity index (χ2n) is 6.23. The number of carbonyl (C=O) groups is 1. The molecule has 1 aromatic carbocycles. The number of aliphatic hydroxyl groups is 1. The van der Waals surface area contributed by atoms with Gasteiger partial charge in [0.2, 0.25) is 0 Å². The Bertz CT molecular complexity index is 561. The molecule has 3 atom stereocenters. The topological polar surface area (TPSA) is 43.8 Å². The van der Waals surface area contributed by atoms with E-state index < -0.39 is 6.10 Å². The third kappa shape index (κ3) is 3.11. The Hall–Kier alpha value is -0.810. The summed E-state index contributed by atoms with van der Waals surface area (Å²) < 4.78 is 0. The maximum atomic E-state index is 12.6. The first-order chi connectivity index (χ1) is 10.5. The van der Waals surface area contributed by atoms with Gasteiger partial charge in [0.25, 0.3) is 5.91 Å². The summed E-state index contributed by atoms with van der Waals surface area (Å²) in [6, 6.07) is 5.72. The number of aliphatic hydroxyl groups excluding tert-OH is 1. The van der Waals surface area contributed by atoms with Gasteiger partial charge < -0.3 is 10.0 Å². The van der Waals surface area contributed by atoms with Crippen molar-refractivity contribution < 1.29 is 9.90 Å². The summed E-state index contributed by atoms with van der Waals surface area (Å²) in [7, 11) is 2.13. The predicted octanol–water partition coefficient (Wildman–Crippen LogP) is 2.72. The first-order valence-electron chi connectivity index (χ1n) is 7.60. The van der Waals surface area contributed by atoms with E-state index in [-0.39, 0.29) is 5.91 Å². The average Bonchev–Trinajstić information content (AvgIpc) is 2.69.